The average molecular weight is 1280 g/mol. The minimum atomic E-state index is -1.06. The molecule has 1 aliphatic carbocycles. The Hall–Kier alpha value is -7.34. The molecule has 21 nitrogen and oxygen atoms in total. The molecule has 0 saturated carbocycles. The summed E-state index contributed by atoms with van der Waals surface area (Å²) in [7, 11) is 0. The summed E-state index contributed by atoms with van der Waals surface area (Å²) in [5.41, 5.74) is 4.89. The van der Waals surface area contributed by atoms with Crippen LogP contribution in [-0.2, 0) is 67.2 Å². The van der Waals surface area contributed by atoms with Gasteiger partial charge in [-0.05, 0) is 133 Å². The van der Waals surface area contributed by atoms with Gasteiger partial charge in [0.15, 0.2) is 0 Å². The van der Waals surface area contributed by atoms with Crippen molar-refractivity contribution in [1.82, 2.24) is 46.3 Å². The first kappa shape index (κ1) is 73.1. The first-order valence-corrected chi connectivity index (χ1v) is 32.6. The van der Waals surface area contributed by atoms with Crippen LogP contribution >= 0.6 is 0 Å². The van der Waals surface area contributed by atoms with Crippen molar-refractivity contribution in [2.45, 2.75) is 173 Å². The number of nitrogens with zero attached hydrogens (tertiary/aromatic N) is 4. The summed E-state index contributed by atoms with van der Waals surface area (Å²) in [6, 6.07) is 36.2. The molecule has 4 aromatic carbocycles. The lowest BCUT2D eigenvalue weighted by molar-refractivity contribution is -0.134. The van der Waals surface area contributed by atoms with Crippen LogP contribution in [0.1, 0.15) is 114 Å². The molecule has 506 valence electrons. The third kappa shape index (κ3) is 25.1. The van der Waals surface area contributed by atoms with Gasteiger partial charge in [-0.25, -0.2) is 9.59 Å². The van der Waals surface area contributed by atoms with Crippen molar-refractivity contribution in [2.75, 3.05) is 65.6 Å². The van der Waals surface area contributed by atoms with Crippen LogP contribution in [0, 0.1) is 5.92 Å². The molecule has 0 spiro atoms. The van der Waals surface area contributed by atoms with E-state index in [9.17, 15) is 44.4 Å². The average Bonchev–Trinajstić information content (AvgIpc) is 1.76. The first-order chi connectivity index (χ1) is 44.1. The fraction of sp³-hybridized carbons (Fsp3) is 0.528. The van der Waals surface area contributed by atoms with E-state index in [2.05, 4.69) is 41.4 Å². The lowest BCUT2D eigenvalue weighted by Crippen LogP contribution is -2.61. The molecule has 21 heteroatoms. The predicted molar refractivity (Wildman–Crippen MR) is 357 cm³/mol. The number of benzene rings is 4. The van der Waals surface area contributed by atoms with Gasteiger partial charge in [0.2, 0.25) is 17.7 Å². The van der Waals surface area contributed by atoms with Crippen LogP contribution in [0.4, 0.5) is 9.59 Å². The summed E-state index contributed by atoms with van der Waals surface area (Å²) >= 11 is 0. The van der Waals surface area contributed by atoms with Crippen LogP contribution < -0.4 is 26.6 Å². The third-order valence-electron chi connectivity index (χ3n) is 16.2. The molecule has 8 rings (SSSR count). The minimum absolute atomic E-state index is 0.0359. The number of alkyl carbamates (subject to hydrolysis) is 2. The number of hydrogen-bond donors (Lipinski definition) is 9. The monoisotopic (exact) mass is 1280 g/mol. The number of morpholine rings is 1. The van der Waals surface area contributed by atoms with E-state index in [0.29, 0.717) is 71.6 Å². The zero-order valence-electron chi connectivity index (χ0n) is 55.8. The topological polar surface area (TPSA) is 277 Å². The van der Waals surface area contributed by atoms with Gasteiger partial charge in [0.1, 0.15) is 17.2 Å². The number of hydrogen-bond acceptors (Lipinski definition) is 16. The molecule has 0 unspecified atom stereocenters. The Kier molecular flexibility index (Phi) is 27.3. The highest BCUT2D eigenvalue weighted by Gasteiger charge is 2.38. The second-order valence-corrected chi connectivity index (χ2v) is 27.8. The molecule has 1 aromatic heterocycles. The van der Waals surface area contributed by atoms with Gasteiger partial charge in [0.05, 0.1) is 62.2 Å². The van der Waals surface area contributed by atoms with Crippen molar-refractivity contribution in [3.63, 3.8) is 0 Å². The summed E-state index contributed by atoms with van der Waals surface area (Å²) in [4.78, 5) is 75.7. The molecule has 3 heterocycles. The lowest BCUT2D eigenvalue weighted by Gasteiger charge is -2.42. The molecule has 0 bridgehead atoms. The number of aromatic nitrogens is 1. The van der Waals surface area contributed by atoms with E-state index in [0.717, 1.165) is 45.5 Å². The van der Waals surface area contributed by atoms with Gasteiger partial charge in [-0.1, -0.05) is 115 Å². The molecule has 2 saturated heterocycles. The fourth-order valence-electron chi connectivity index (χ4n) is 11.7. The number of pyridine rings is 1. The molecule has 93 heavy (non-hydrogen) atoms. The highest BCUT2D eigenvalue weighted by Crippen LogP contribution is 2.32. The maximum absolute atomic E-state index is 13.8. The standard InChI is InChI=1S/C36H47N5O4.C36H54N4O8/c1-36(2,3)39-35(45)31-24-40(22-26-12-9-15-37-21-26)16-17-41(31)23-29(42)19-28(18-25-10-5-4-6-11-25)34(44)38-33-30-14-8-7-13-27(30)20-32(33)43;1-35(2,3)47-33(44)38-28(20-25-10-8-7-9-11-25)30(41)23-37-24-31(42)29(39-34(45)48-36(4,5)6)21-26-12-14-27(15-13-26)22-32(43)40-16-18-46-19-17-40/h4-15,21,28-29,31-33,42-43H,16-20,22-24H2,1-3H3,(H,38,44)(H,39,45);7-15,28-31,37,41-42H,16-24H2,1-6H3,(H,38,44)(H,39,45)/t28-,29-,31-,32+,33-;28-,29-,30+,31+/m00/s1. The molecule has 2 aliphatic heterocycles. The number of aliphatic hydroxyl groups excluding tert-OH is 4. The quantitative estimate of drug-likeness (QED) is 0.0332. The molecular weight excluding hydrogens is 1180 g/mol. The number of β-amino-alcohol motifs (C(OH)–C–C–N with tert-alkyl or cyclic N) is 1. The van der Waals surface area contributed by atoms with Crippen molar-refractivity contribution in [1.29, 1.82) is 0 Å². The molecule has 3 aliphatic rings. The summed E-state index contributed by atoms with van der Waals surface area (Å²) in [6.07, 6.45) is 0.818. The highest BCUT2D eigenvalue weighted by molar-refractivity contribution is 5.83. The fourth-order valence-corrected chi connectivity index (χ4v) is 11.7. The van der Waals surface area contributed by atoms with E-state index in [-0.39, 0.29) is 50.2 Å². The summed E-state index contributed by atoms with van der Waals surface area (Å²) < 4.78 is 16.2. The van der Waals surface area contributed by atoms with Crippen LogP contribution in [0.3, 0.4) is 0 Å². The Morgan fingerprint density at radius 2 is 1.18 bits per heavy atom. The number of fused-ring (bicyclic) bond motifs is 1. The highest BCUT2D eigenvalue weighted by atomic mass is 16.6. The van der Waals surface area contributed by atoms with Crippen molar-refractivity contribution in [3.05, 3.63) is 173 Å². The number of aliphatic hydroxyl groups is 4. The van der Waals surface area contributed by atoms with Crippen molar-refractivity contribution in [3.8, 4) is 0 Å². The number of piperazine rings is 1. The zero-order valence-corrected chi connectivity index (χ0v) is 55.8. The SMILES string of the molecule is CC(C)(C)NC(=O)[C@@H]1CN(Cc2cccnc2)CCN1C[C@@H](O)C[C@H](Cc1ccccc1)C(=O)N[C@H]1c2ccccc2C[C@H]1O.CC(C)(C)OC(=O)N[C@@H](Cc1ccccc1)[C@H](O)CNC[C@@H](O)[C@H](Cc1ccc(CC(=O)N2CCOCC2)cc1)NC(=O)OC(C)(C)C. The molecule has 5 amide bonds. The number of amides is 5. The second-order valence-electron chi connectivity index (χ2n) is 27.8. The Labute approximate surface area is 549 Å². The van der Waals surface area contributed by atoms with Gasteiger partial charge in [0, 0.05) is 89.2 Å². The molecule has 5 aromatic rings. The van der Waals surface area contributed by atoms with Gasteiger partial charge >= 0.3 is 12.2 Å². The lowest BCUT2D eigenvalue weighted by atomic mass is 9.91. The Morgan fingerprint density at radius 3 is 1.74 bits per heavy atom. The largest absolute Gasteiger partial charge is 0.444 e. The molecule has 9 atom stereocenters. The Bertz CT molecular complexity index is 3120. The molecule has 0 radical (unpaired) electrons. The van der Waals surface area contributed by atoms with Crippen molar-refractivity contribution in [2.24, 2.45) is 5.92 Å². The van der Waals surface area contributed by atoms with Gasteiger partial charge in [0.25, 0.3) is 0 Å². The number of carbonyl (C=O) groups is 5. The maximum atomic E-state index is 13.8. The minimum Gasteiger partial charge on any atom is -0.444 e. The van der Waals surface area contributed by atoms with E-state index in [1.165, 1.54) is 0 Å². The number of ether oxygens (including phenoxy) is 3. The number of carbonyl (C=O) groups excluding carboxylic acids is 5. The second kappa shape index (κ2) is 34.7. The van der Waals surface area contributed by atoms with E-state index >= 15 is 0 Å². The Morgan fingerprint density at radius 1 is 0.645 bits per heavy atom. The third-order valence-corrected chi connectivity index (χ3v) is 16.2. The maximum Gasteiger partial charge on any atom is 0.407 e. The normalized spacial score (nSPS) is 19.0. The first-order valence-electron chi connectivity index (χ1n) is 32.6. The van der Waals surface area contributed by atoms with Crippen LogP contribution in [0.25, 0.3) is 0 Å². The molecule has 9 N–H and O–H groups in total. The van der Waals surface area contributed by atoms with Gasteiger partial charge in [-0.2, -0.15) is 0 Å². The summed E-state index contributed by atoms with van der Waals surface area (Å²) in [6.45, 7) is 21.7. The smallest absolute Gasteiger partial charge is 0.407 e. The molecule has 2 fully saturated rings. The number of rotatable bonds is 25. The van der Waals surface area contributed by atoms with E-state index < -0.39 is 83.4 Å². The zero-order chi connectivity index (χ0) is 67.3. The van der Waals surface area contributed by atoms with Crippen LogP contribution in [-0.4, -0.2) is 195 Å². The summed E-state index contributed by atoms with van der Waals surface area (Å²) in [5, 5.41) is 59.5. The van der Waals surface area contributed by atoms with Gasteiger partial charge in [-0.15, -0.1) is 0 Å². The van der Waals surface area contributed by atoms with Crippen molar-refractivity contribution < 1.29 is 58.6 Å². The van der Waals surface area contributed by atoms with Crippen LogP contribution in [0.15, 0.2) is 134 Å². The van der Waals surface area contributed by atoms with Gasteiger partial charge < -0.3 is 66.1 Å². The van der Waals surface area contributed by atoms with Gasteiger partial charge in [-0.3, -0.25) is 29.2 Å². The predicted octanol–water partition coefficient (Wildman–Crippen LogP) is 5.84. The number of nitrogens with one attached hydrogen (secondary N) is 5. The van der Waals surface area contributed by atoms with Crippen molar-refractivity contribution >= 4 is 29.9 Å². The van der Waals surface area contributed by atoms with Crippen LogP contribution in [0.2, 0.25) is 0 Å². The van der Waals surface area contributed by atoms with E-state index in [1.807, 2.05) is 148 Å². The van der Waals surface area contributed by atoms with Crippen LogP contribution in [0.5, 0.6) is 0 Å². The van der Waals surface area contributed by atoms with E-state index in [1.54, 1.807) is 52.6 Å². The van der Waals surface area contributed by atoms with E-state index in [4.69, 9.17) is 14.2 Å². The summed E-state index contributed by atoms with van der Waals surface area (Å²) in [5.74, 6) is -0.734. The Balaban J connectivity index is 0.000000264. The molecular formula is C72H101N9O12.